The Morgan fingerprint density at radius 3 is 2.79 bits per heavy atom. The lowest BCUT2D eigenvalue weighted by molar-refractivity contribution is 0.0979. The van der Waals surface area contributed by atoms with Crippen molar-refractivity contribution in [2.24, 2.45) is 0 Å². The highest BCUT2D eigenvalue weighted by atomic mass is 32.1. The van der Waals surface area contributed by atoms with Crippen LogP contribution in [0, 0.1) is 0 Å². The molecule has 0 spiro atoms. The van der Waals surface area contributed by atoms with E-state index in [4.69, 9.17) is 4.74 Å². The molecule has 1 amide bonds. The standard InChI is InChI=1S/C21H21N5O2S/c1-14(2)26-11-9-17(24-26)20(27)25(13-15-6-4-5-10-22-15)21-23-18-12-16(28-3)7-8-19(18)29-21/h4-12,14H,13H2,1-3H3. The molecule has 0 radical (unpaired) electrons. The average Bonchev–Trinajstić information content (AvgIpc) is 3.39. The van der Waals surface area contributed by atoms with E-state index in [9.17, 15) is 4.79 Å². The van der Waals surface area contributed by atoms with Crippen molar-refractivity contribution in [1.29, 1.82) is 0 Å². The van der Waals surface area contributed by atoms with E-state index in [-0.39, 0.29) is 11.9 Å². The number of methoxy groups -OCH3 is 1. The van der Waals surface area contributed by atoms with Gasteiger partial charge >= 0.3 is 0 Å². The zero-order valence-corrected chi connectivity index (χ0v) is 17.3. The molecule has 3 aromatic heterocycles. The normalized spacial score (nSPS) is 11.2. The second-order valence-electron chi connectivity index (χ2n) is 6.82. The lowest BCUT2D eigenvalue weighted by atomic mass is 10.3. The maximum Gasteiger partial charge on any atom is 0.280 e. The van der Waals surface area contributed by atoms with Gasteiger partial charge in [-0.3, -0.25) is 19.4 Å². The highest BCUT2D eigenvalue weighted by Crippen LogP contribution is 2.32. The Hall–Kier alpha value is -3.26. The summed E-state index contributed by atoms with van der Waals surface area (Å²) in [6.45, 7) is 4.35. The first kappa shape index (κ1) is 19.1. The quantitative estimate of drug-likeness (QED) is 0.476. The number of carbonyl (C=O) groups is 1. The van der Waals surface area contributed by atoms with Gasteiger partial charge in [-0.15, -0.1) is 0 Å². The molecule has 148 valence electrons. The number of ether oxygens (including phenoxy) is 1. The van der Waals surface area contributed by atoms with Crippen LogP contribution in [0.15, 0.2) is 54.9 Å². The molecule has 4 rings (SSSR count). The lowest BCUT2D eigenvalue weighted by Crippen LogP contribution is -2.31. The van der Waals surface area contributed by atoms with E-state index in [0.29, 0.717) is 17.4 Å². The topological polar surface area (TPSA) is 73.1 Å². The van der Waals surface area contributed by atoms with Crippen LogP contribution in [0.25, 0.3) is 10.2 Å². The van der Waals surface area contributed by atoms with Crippen molar-refractivity contribution in [1.82, 2.24) is 19.7 Å². The molecule has 0 N–H and O–H groups in total. The van der Waals surface area contributed by atoms with Gasteiger partial charge in [-0.2, -0.15) is 5.10 Å². The van der Waals surface area contributed by atoms with Crippen molar-refractivity contribution in [3.8, 4) is 5.75 Å². The smallest absolute Gasteiger partial charge is 0.280 e. The number of carbonyl (C=O) groups excluding carboxylic acids is 1. The summed E-state index contributed by atoms with van der Waals surface area (Å²) in [7, 11) is 1.62. The molecule has 0 atom stereocenters. The summed E-state index contributed by atoms with van der Waals surface area (Å²) >= 11 is 1.46. The Labute approximate surface area is 172 Å². The fourth-order valence-electron chi connectivity index (χ4n) is 2.90. The summed E-state index contributed by atoms with van der Waals surface area (Å²) in [4.78, 5) is 24.0. The van der Waals surface area contributed by atoms with Crippen LogP contribution >= 0.6 is 11.3 Å². The van der Waals surface area contributed by atoms with E-state index >= 15 is 0 Å². The number of nitrogens with zero attached hydrogens (tertiary/aromatic N) is 5. The maximum absolute atomic E-state index is 13.3. The van der Waals surface area contributed by atoms with Gasteiger partial charge in [-0.05, 0) is 44.2 Å². The fourth-order valence-corrected chi connectivity index (χ4v) is 3.84. The number of thiazole rings is 1. The second-order valence-corrected chi connectivity index (χ2v) is 7.83. The van der Waals surface area contributed by atoms with Crippen molar-refractivity contribution in [3.63, 3.8) is 0 Å². The van der Waals surface area contributed by atoms with E-state index in [2.05, 4.69) is 15.1 Å². The summed E-state index contributed by atoms with van der Waals surface area (Å²) in [6, 6.07) is 13.3. The number of rotatable bonds is 6. The third-order valence-corrected chi connectivity index (χ3v) is 5.52. The third kappa shape index (κ3) is 3.97. The number of pyridine rings is 1. The Morgan fingerprint density at radius 2 is 2.10 bits per heavy atom. The van der Waals surface area contributed by atoms with Crippen molar-refractivity contribution < 1.29 is 9.53 Å². The van der Waals surface area contributed by atoms with Crippen LogP contribution in [0.3, 0.4) is 0 Å². The third-order valence-electron chi connectivity index (χ3n) is 4.46. The van der Waals surface area contributed by atoms with Crippen LogP contribution in [-0.2, 0) is 6.54 Å². The number of anilines is 1. The van der Waals surface area contributed by atoms with Crippen LogP contribution in [-0.4, -0.2) is 32.8 Å². The highest BCUT2D eigenvalue weighted by Gasteiger charge is 2.24. The van der Waals surface area contributed by atoms with Gasteiger partial charge < -0.3 is 4.74 Å². The summed E-state index contributed by atoms with van der Waals surface area (Å²) in [5, 5.41) is 5.04. The molecule has 0 aliphatic rings. The van der Waals surface area contributed by atoms with Gasteiger partial charge in [0.2, 0.25) is 0 Å². The van der Waals surface area contributed by atoms with Crippen LogP contribution in [0.4, 0.5) is 5.13 Å². The molecule has 0 unspecified atom stereocenters. The molecule has 4 aromatic rings. The molecule has 7 nitrogen and oxygen atoms in total. The molecule has 0 fully saturated rings. The first-order valence-corrected chi connectivity index (χ1v) is 10.1. The van der Waals surface area contributed by atoms with Gasteiger partial charge in [0.15, 0.2) is 10.8 Å². The van der Waals surface area contributed by atoms with Gasteiger partial charge in [-0.25, -0.2) is 4.98 Å². The molecular formula is C21H21N5O2S. The first-order valence-electron chi connectivity index (χ1n) is 9.26. The van der Waals surface area contributed by atoms with Crippen LogP contribution in [0.5, 0.6) is 5.75 Å². The monoisotopic (exact) mass is 407 g/mol. The Bertz CT molecular complexity index is 1140. The number of hydrogen-bond acceptors (Lipinski definition) is 6. The highest BCUT2D eigenvalue weighted by molar-refractivity contribution is 7.22. The molecule has 29 heavy (non-hydrogen) atoms. The number of hydrogen-bond donors (Lipinski definition) is 0. The van der Waals surface area contributed by atoms with E-state index in [1.807, 2.05) is 56.4 Å². The molecular weight excluding hydrogens is 386 g/mol. The van der Waals surface area contributed by atoms with Gasteiger partial charge in [0, 0.05) is 24.5 Å². The largest absolute Gasteiger partial charge is 0.497 e. The minimum Gasteiger partial charge on any atom is -0.497 e. The van der Waals surface area contributed by atoms with E-state index in [0.717, 1.165) is 21.7 Å². The number of benzene rings is 1. The first-order chi connectivity index (χ1) is 14.0. The van der Waals surface area contributed by atoms with Crippen molar-refractivity contribution in [2.75, 3.05) is 12.0 Å². The molecule has 3 heterocycles. The molecule has 0 aliphatic carbocycles. The van der Waals surface area contributed by atoms with Crippen LogP contribution in [0.2, 0.25) is 0 Å². The average molecular weight is 407 g/mol. The van der Waals surface area contributed by atoms with Crippen LogP contribution < -0.4 is 9.64 Å². The molecule has 0 aliphatic heterocycles. The predicted molar refractivity (Wildman–Crippen MR) is 114 cm³/mol. The summed E-state index contributed by atoms with van der Waals surface area (Å²) in [5.41, 5.74) is 1.95. The number of amides is 1. The zero-order valence-electron chi connectivity index (χ0n) is 16.4. The van der Waals surface area contributed by atoms with Gasteiger partial charge in [0.05, 0.1) is 29.6 Å². The van der Waals surface area contributed by atoms with Crippen molar-refractivity contribution >= 4 is 32.6 Å². The Balaban J connectivity index is 1.74. The van der Waals surface area contributed by atoms with E-state index in [1.54, 1.807) is 29.0 Å². The van der Waals surface area contributed by atoms with Gasteiger partial charge in [-0.1, -0.05) is 17.4 Å². The van der Waals surface area contributed by atoms with Crippen molar-refractivity contribution in [2.45, 2.75) is 26.4 Å². The minimum atomic E-state index is -0.207. The molecule has 8 heteroatoms. The Kier molecular flexibility index (Phi) is 5.26. The van der Waals surface area contributed by atoms with Crippen LogP contribution in [0.1, 0.15) is 36.1 Å². The SMILES string of the molecule is COc1ccc2sc(N(Cc3ccccn3)C(=O)c3ccn(C(C)C)n3)nc2c1. The number of fused-ring (bicyclic) bond motifs is 1. The van der Waals surface area contributed by atoms with Crippen molar-refractivity contribution in [3.05, 3.63) is 66.2 Å². The maximum atomic E-state index is 13.3. The zero-order chi connectivity index (χ0) is 20.4. The summed E-state index contributed by atoms with van der Waals surface area (Å²) < 4.78 is 8.04. The van der Waals surface area contributed by atoms with Gasteiger partial charge in [0.25, 0.3) is 5.91 Å². The molecule has 0 saturated carbocycles. The van der Waals surface area contributed by atoms with Gasteiger partial charge in [0.1, 0.15) is 5.75 Å². The predicted octanol–water partition coefficient (Wildman–Crippen LogP) is 4.32. The lowest BCUT2D eigenvalue weighted by Gasteiger charge is -2.18. The fraction of sp³-hybridized carbons (Fsp3) is 0.238. The van der Waals surface area contributed by atoms with E-state index < -0.39 is 0 Å². The molecule has 1 aromatic carbocycles. The summed E-state index contributed by atoms with van der Waals surface area (Å²) in [5.74, 6) is 0.522. The summed E-state index contributed by atoms with van der Waals surface area (Å²) in [6.07, 6.45) is 3.54. The number of aromatic nitrogens is 4. The molecule has 0 saturated heterocycles. The second kappa shape index (κ2) is 8.00. The molecule has 0 bridgehead atoms. The minimum absolute atomic E-state index is 0.177. The Morgan fingerprint density at radius 1 is 1.24 bits per heavy atom. The van der Waals surface area contributed by atoms with E-state index in [1.165, 1.54) is 11.3 Å².